The molecule has 0 spiro atoms. The lowest BCUT2D eigenvalue weighted by molar-refractivity contribution is -0.154. The molecule has 0 bridgehead atoms. The Balaban J connectivity index is 1.73. The van der Waals surface area contributed by atoms with Crippen LogP contribution in [0.5, 0.6) is 5.88 Å². The highest BCUT2D eigenvalue weighted by Crippen LogP contribution is 2.34. The molecule has 36 heavy (non-hydrogen) atoms. The summed E-state index contributed by atoms with van der Waals surface area (Å²) in [4.78, 5) is 21.4. The summed E-state index contributed by atoms with van der Waals surface area (Å²) in [6.45, 7) is -1.60. The second kappa shape index (κ2) is 8.82. The van der Waals surface area contributed by atoms with Gasteiger partial charge in [-0.1, -0.05) is 29.3 Å². The molecule has 0 saturated carbocycles. The Morgan fingerprint density at radius 2 is 1.94 bits per heavy atom. The Kier molecular flexibility index (Phi) is 5.78. The van der Waals surface area contributed by atoms with Crippen LogP contribution in [0.3, 0.4) is 0 Å². The Morgan fingerprint density at radius 3 is 2.67 bits per heavy atom. The number of nitrogens with zero attached hydrogens (tertiary/aromatic N) is 5. The van der Waals surface area contributed by atoms with Crippen molar-refractivity contribution in [3.8, 4) is 29.4 Å². The van der Waals surface area contributed by atoms with Crippen molar-refractivity contribution in [2.75, 3.05) is 6.61 Å². The molecule has 0 amide bonds. The third kappa shape index (κ3) is 4.32. The zero-order valence-electron chi connectivity index (χ0n) is 17.7. The average molecular weight is 532 g/mol. The minimum atomic E-state index is -4.61. The average Bonchev–Trinajstić information content (AvgIpc) is 3.27. The Labute approximate surface area is 209 Å². The summed E-state index contributed by atoms with van der Waals surface area (Å²) in [5, 5.41) is 14.5. The summed E-state index contributed by atoms with van der Waals surface area (Å²) in [5.74, 6) is -0.699. The lowest BCUT2D eigenvalue weighted by atomic mass is 10.0. The Morgan fingerprint density at radius 1 is 1.14 bits per heavy atom. The first kappa shape index (κ1) is 23.6. The van der Waals surface area contributed by atoms with Gasteiger partial charge in [-0.2, -0.15) is 18.4 Å². The molecule has 0 unspecified atom stereocenters. The van der Waals surface area contributed by atoms with Crippen molar-refractivity contribution in [3.63, 3.8) is 0 Å². The summed E-state index contributed by atoms with van der Waals surface area (Å²) in [7, 11) is 0. The largest absolute Gasteiger partial charge is 0.467 e. The molecule has 0 saturated heterocycles. The lowest BCUT2D eigenvalue weighted by Crippen LogP contribution is -2.19. The van der Waals surface area contributed by atoms with Gasteiger partial charge in [0.05, 0.1) is 27.1 Å². The summed E-state index contributed by atoms with van der Waals surface area (Å²) >= 11 is 12.8. The van der Waals surface area contributed by atoms with E-state index in [9.17, 15) is 18.0 Å². The highest BCUT2D eigenvalue weighted by Gasteiger charge is 2.30. The summed E-state index contributed by atoms with van der Waals surface area (Å²) in [6.07, 6.45) is -3.22. The number of pyridine rings is 1. The fourth-order valence-corrected chi connectivity index (χ4v) is 4.01. The maximum absolute atomic E-state index is 12.9. The van der Waals surface area contributed by atoms with Crippen molar-refractivity contribution in [1.29, 1.82) is 5.26 Å². The molecule has 0 aliphatic carbocycles. The molecule has 0 aliphatic rings. The van der Waals surface area contributed by atoms with Crippen LogP contribution in [0.2, 0.25) is 10.0 Å². The number of nitriles is 1. The predicted molar refractivity (Wildman–Crippen MR) is 124 cm³/mol. The van der Waals surface area contributed by atoms with E-state index in [0.29, 0.717) is 16.3 Å². The van der Waals surface area contributed by atoms with E-state index in [1.807, 2.05) is 6.07 Å². The summed E-state index contributed by atoms with van der Waals surface area (Å²) in [5.41, 5.74) is -0.422. The van der Waals surface area contributed by atoms with Crippen LogP contribution in [0.1, 0.15) is 5.56 Å². The van der Waals surface area contributed by atoms with Gasteiger partial charge in [0.2, 0.25) is 11.8 Å². The molecular weight excluding hydrogens is 522 g/mol. The molecule has 0 radical (unpaired) electrons. The molecule has 0 atom stereocenters. The van der Waals surface area contributed by atoms with Crippen LogP contribution in [0.15, 0.2) is 57.9 Å². The van der Waals surface area contributed by atoms with Gasteiger partial charge < -0.3 is 9.15 Å². The van der Waals surface area contributed by atoms with E-state index in [-0.39, 0.29) is 38.4 Å². The molecule has 13 heteroatoms. The molecule has 0 fully saturated rings. The molecule has 8 nitrogen and oxygen atoms in total. The molecule has 3 aromatic heterocycles. The number of halogens is 5. The monoisotopic (exact) mass is 531 g/mol. The van der Waals surface area contributed by atoms with E-state index in [1.165, 1.54) is 18.3 Å². The Bertz CT molecular complexity index is 1760. The third-order valence-electron chi connectivity index (χ3n) is 5.03. The number of fused-ring (bicyclic) bond motifs is 2. The smallest absolute Gasteiger partial charge is 0.422 e. The lowest BCUT2D eigenvalue weighted by Gasteiger charge is -2.09. The number of aromatic nitrogens is 4. The van der Waals surface area contributed by atoms with Gasteiger partial charge in [0, 0.05) is 17.6 Å². The van der Waals surface area contributed by atoms with Crippen molar-refractivity contribution in [1.82, 2.24) is 19.7 Å². The highest BCUT2D eigenvalue weighted by molar-refractivity contribution is 6.40. The zero-order chi connectivity index (χ0) is 25.6. The van der Waals surface area contributed by atoms with E-state index in [0.717, 1.165) is 10.7 Å². The van der Waals surface area contributed by atoms with Gasteiger partial charge in [-0.15, -0.1) is 5.10 Å². The minimum Gasteiger partial charge on any atom is -0.467 e. The van der Waals surface area contributed by atoms with Crippen LogP contribution in [0, 0.1) is 11.3 Å². The van der Waals surface area contributed by atoms with E-state index in [2.05, 4.69) is 15.1 Å². The molecule has 0 N–H and O–H groups in total. The van der Waals surface area contributed by atoms with Crippen LogP contribution in [-0.4, -0.2) is 32.5 Å². The summed E-state index contributed by atoms with van der Waals surface area (Å²) in [6, 6.07) is 12.4. The van der Waals surface area contributed by atoms with E-state index in [1.54, 1.807) is 24.3 Å². The van der Waals surface area contributed by atoms with Gasteiger partial charge in [-0.05, 0) is 35.7 Å². The minimum absolute atomic E-state index is 0.0363. The molecule has 3 heterocycles. The van der Waals surface area contributed by atoms with Gasteiger partial charge in [0.1, 0.15) is 11.2 Å². The fourth-order valence-electron chi connectivity index (χ4n) is 3.50. The third-order valence-corrected chi connectivity index (χ3v) is 5.71. The van der Waals surface area contributed by atoms with Crippen LogP contribution in [0.25, 0.3) is 39.1 Å². The van der Waals surface area contributed by atoms with Crippen LogP contribution in [0.4, 0.5) is 13.2 Å². The standard InChI is InChI=1S/C23H10Cl2F3N5O3/c24-15-2-1-5-30-20(15)33-16(8-17(32-33)35-10-23(26,27)28)21-31-19-14(22(34)36-21)7-12-6-11(9-29)3-4-13(12)18(19)25/h1-8H,10H2. The first-order valence-corrected chi connectivity index (χ1v) is 10.8. The van der Waals surface area contributed by atoms with E-state index >= 15 is 0 Å². The molecule has 5 aromatic rings. The molecule has 2 aromatic carbocycles. The first-order valence-electron chi connectivity index (χ1n) is 10.0. The van der Waals surface area contributed by atoms with Crippen LogP contribution in [-0.2, 0) is 0 Å². The second-order valence-corrected chi connectivity index (χ2v) is 8.22. The highest BCUT2D eigenvalue weighted by atomic mass is 35.5. The zero-order valence-corrected chi connectivity index (χ0v) is 19.2. The SMILES string of the molecule is N#Cc1ccc2c(Cl)c3nc(-c4cc(OCC(F)(F)F)nn4-c4ncccc4Cl)oc(=O)c3cc2c1. The topological polar surface area (TPSA) is 107 Å². The van der Waals surface area contributed by atoms with Gasteiger partial charge in [0.25, 0.3) is 0 Å². The summed E-state index contributed by atoms with van der Waals surface area (Å²) < 4.78 is 49.3. The number of rotatable bonds is 4. The molecule has 5 rings (SSSR count). The Hall–Kier alpha value is -4.14. The number of hydrogen-bond donors (Lipinski definition) is 0. The predicted octanol–water partition coefficient (Wildman–Crippen LogP) is 5.71. The molecule has 180 valence electrons. The van der Waals surface area contributed by atoms with Gasteiger partial charge in [-0.3, -0.25) is 0 Å². The van der Waals surface area contributed by atoms with Crippen molar-refractivity contribution < 1.29 is 22.3 Å². The quantitative estimate of drug-likeness (QED) is 0.273. The normalized spacial score (nSPS) is 11.7. The first-order chi connectivity index (χ1) is 17.1. The number of alkyl halides is 3. The van der Waals surface area contributed by atoms with Crippen molar-refractivity contribution in [2.45, 2.75) is 6.18 Å². The number of benzene rings is 2. The van der Waals surface area contributed by atoms with Crippen molar-refractivity contribution in [3.05, 3.63) is 74.7 Å². The maximum Gasteiger partial charge on any atom is 0.422 e. The van der Waals surface area contributed by atoms with Crippen LogP contribution >= 0.6 is 23.2 Å². The second-order valence-electron chi connectivity index (χ2n) is 7.43. The molecule has 0 aliphatic heterocycles. The van der Waals surface area contributed by atoms with E-state index in [4.69, 9.17) is 37.6 Å². The number of ether oxygens (including phenoxy) is 1. The van der Waals surface area contributed by atoms with Gasteiger partial charge in [-0.25, -0.2) is 19.4 Å². The van der Waals surface area contributed by atoms with Crippen molar-refractivity contribution >= 4 is 44.9 Å². The van der Waals surface area contributed by atoms with Gasteiger partial charge in [0.15, 0.2) is 12.4 Å². The number of hydrogen-bond acceptors (Lipinski definition) is 7. The fraction of sp³-hybridized carbons (Fsp3) is 0.0870. The van der Waals surface area contributed by atoms with Crippen molar-refractivity contribution in [2.24, 2.45) is 0 Å². The molecular formula is C23H10Cl2F3N5O3. The maximum atomic E-state index is 12.9. The van der Waals surface area contributed by atoms with E-state index < -0.39 is 24.3 Å². The van der Waals surface area contributed by atoms with Crippen LogP contribution < -0.4 is 10.4 Å². The van der Waals surface area contributed by atoms with Gasteiger partial charge >= 0.3 is 11.8 Å².